The molecule has 2 aromatic rings. The van der Waals surface area contributed by atoms with Crippen LogP contribution in [-0.4, -0.2) is 38.0 Å². The van der Waals surface area contributed by atoms with E-state index in [9.17, 15) is 4.79 Å². The molecule has 2 aromatic heterocycles. The topological polar surface area (TPSA) is 71.7 Å². The number of thioether (sulfide) groups is 1. The van der Waals surface area contributed by atoms with Crippen molar-refractivity contribution in [3.8, 4) is 0 Å². The van der Waals surface area contributed by atoms with Gasteiger partial charge in [0.25, 0.3) is 5.91 Å². The van der Waals surface area contributed by atoms with E-state index in [0.717, 1.165) is 23.7 Å². The van der Waals surface area contributed by atoms with Gasteiger partial charge in [0.15, 0.2) is 10.8 Å². The Hall–Kier alpha value is -1.89. The van der Waals surface area contributed by atoms with E-state index in [1.54, 1.807) is 22.5 Å². The third-order valence-corrected chi connectivity index (χ3v) is 3.72. The highest BCUT2D eigenvalue weighted by molar-refractivity contribution is 8.14. The normalized spacial score (nSPS) is 14.7. The average molecular weight is 275 g/mol. The van der Waals surface area contributed by atoms with Crippen molar-refractivity contribution >= 4 is 28.5 Å². The van der Waals surface area contributed by atoms with Crippen LogP contribution in [0.25, 0.3) is 5.65 Å². The standard InChI is InChI=1S/C12H13N5OS/c1-7-5-8(2)17-10(15-7)9(6-14-17)11(18)16-12-13-3-4-19-12/h5-6H,3-4H2,1-2H3,(H,13,16,18). The van der Waals surface area contributed by atoms with E-state index in [1.807, 2.05) is 19.9 Å². The maximum absolute atomic E-state index is 12.2. The lowest BCUT2D eigenvalue weighted by Crippen LogP contribution is -2.27. The van der Waals surface area contributed by atoms with Crippen molar-refractivity contribution in [3.05, 3.63) is 29.2 Å². The van der Waals surface area contributed by atoms with Crippen LogP contribution in [-0.2, 0) is 0 Å². The highest BCUT2D eigenvalue weighted by atomic mass is 32.2. The Labute approximate surface area is 114 Å². The minimum atomic E-state index is -0.208. The molecule has 1 aliphatic rings. The maximum atomic E-state index is 12.2. The fourth-order valence-electron chi connectivity index (χ4n) is 2.01. The maximum Gasteiger partial charge on any atom is 0.262 e. The van der Waals surface area contributed by atoms with Crippen molar-refractivity contribution < 1.29 is 4.79 Å². The molecule has 3 rings (SSSR count). The van der Waals surface area contributed by atoms with Crippen LogP contribution in [0.5, 0.6) is 0 Å². The van der Waals surface area contributed by atoms with Crippen molar-refractivity contribution in [1.82, 2.24) is 19.9 Å². The van der Waals surface area contributed by atoms with Gasteiger partial charge in [-0.25, -0.2) is 9.50 Å². The average Bonchev–Trinajstić information content (AvgIpc) is 2.97. The van der Waals surface area contributed by atoms with E-state index >= 15 is 0 Å². The van der Waals surface area contributed by atoms with Gasteiger partial charge in [0.1, 0.15) is 5.56 Å². The van der Waals surface area contributed by atoms with Gasteiger partial charge in [0.2, 0.25) is 0 Å². The number of hydrogen-bond donors (Lipinski definition) is 1. The molecule has 19 heavy (non-hydrogen) atoms. The molecule has 0 unspecified atom stereocenters. The molecule has 1 N–H and O–H groups in total. The summed E-state index contributed by atoms with van der Waals surface area (Å²) < 4.78 is 1.67. The summed E-state index contributed by atoms with van der Waals surface area (Å²) in [7, 11) is 0. The fourth-order valence-corrected chi connectivity index (χ4v) is 2.73. The number of carbonyl (C=O) groups excluding carboxylic acids is 1. The molecule has 0 aliphatic carbocycles. The first-order chi connectivity index (χ1) is 9.15. The smallest absolute Gasteiger partial charge is 0.262 e. The van der Waals surface area contributed by atoms with Gasteiger partial charge in [0, 0.05) is 17.1 Å². The number of rotatable bonds is 1. The van der Waals surface area contributed by atoms with Crippen molar-refractivity contribution in [1.29, 1.82) is 0 Å². The summed E-state index contributed by atoms with van der Waals surface area (Å²) in [6, 6.07) is 1.93. The van der Waals surface area contributed by atoms with Gasteiger partial charge in [0.05, 0.1) is 12.7 Å². The van der Waals surface area contributed by atoms with E-state index in [1.165, 1.54) is 0 Å². The number of hydrogen-bond acceptors (Lipinski definition) is 5. The zero-order valence-corrected chi connectivity index (χ0v) is 11.5. The number of carbonyl (C=O) groups is 1. The number of nitrogens with one attached hydrogen (secondary N) is 1. The zero-order valence-electron chi connectivity index (χ0n) is 10.7. The quantitative estimate of drug-likeness (QED) is 0.848. The molecule has 1 amide bonds. The summed E-state index contributed by atoms with van der Waals surface area (Å²) >= 11 is 1.55. The van der Waals surface area contributed by atoms with Crippen LogP contribution >= 0.6 is 11.8 Å². The van der Waals surface area contributed by atoms with Gasteiger partial charge in [-0.05, 0) is 19.9 Å². The van der Waals surface area contributed by atoms with Gasteiger partial charge in [-0.2, -0.15) is 5.10 Å². The SMILES string of the molecule is Cc1cc(C)n2ncc(C(=O)NC3=NCCS3)c2n1. The minimum absolute atomic E-state index is 0.208. The fraction of sp³-hybridized carbons (Fsp3) is 0.333. The summed E-state index contributed by atoms with van der Waals surface area (Å²) in [4.78, 5) is 20.8. The molecule has 0 fully saturated rings. The van der Waals surface area contributed by atoms with Crippen LogP contribution in [0.4, 0.5) is 0 Å². The summed E-state index contributed by atoms with van der Waals surface area (Å²) in [5.74, 6) is 0.710. The Kier molecular flexibility index (Phi) is 2.98. The monoisotopic (exact) mass is 275 g/mol. The van der Waals surface area contributed by atoms with Gasteiger partial charge in [-0.1, -0.05) is 11.8 Å². The Morgan fingerprint density at radius 3 is 3.05 bits per heavy atom. The lowest BCUT2D eigenvalue weighted by molar-refractivity contribution is 0.0979. The number of fused-ring (bicyclic) bond motifs is 1. The first-order valence-electron chi connectivity index (χ1n) is 5.96. The Balaban J connectivity index is 1.98. The molecular formula is C12H13N5OS. The zero-order chi connectivity index (χ0) is 13.4. The Morgan fingerprint density at radius 1 is 1.47 bits per heavy atom. The second-order valence-corrected chi connectivity index (χ2v) is 5.41. The molecule has 0 saturated heterocycles. The first-order valence-corrected chi connectivity index (χ1v) is 6.94. The van der Waals surface area contributed by atoms with E-state index < -0.39 is 0 Å². The van der Waals surface area contributed by atoms with E-state index in [0.29, 0.717) is 16.4 Å². The molecule has 0 bridgehead atoms. The molecule has 0 spiro atoms. The lowest BCUT2D eigenvalue weighted by Gasteiger charge is -2.03. The lowest BCUT2D eigenvalue weighted by atomic mass is 10.3. The third-order valence-electron chi connectivity index (χ3n) is 2.83. The summed E-state index contributed by atoms with van der Waals surface area (Å²) in [6.07, 6.45) is 1.55. The number of aliphatic imine (C=N–C) groups is 1. The van der Waals surface area contributed by atoms with Gasteiger partial charge < -0.3 is 5.32 Å². The number of nitrogens with zero attached hydrogens (tertiary/aromatic N) is 4. The predicted octanol–water partition coefficient (Wildman–Crippen LogP) is 1.18. The molecule has 0 aromatic carbocycles. The molecule has 0 radical (unpaired) electrons. The van der Waals surface area contributed by atoms with Crippen LogP contribution in [0.2, 0.25) is 0 Å². The summed E-state index contributed by atoms with van der Waals surface area (Å²) in [6.45, 7) is 4.59. The van der Waals surface area contributed by atoms with Crippen molar-refractivity contribution in [2.45, 2.75) is 13.8 Å². The molecule has 6 nitrogen and oxygen atoms in total. The molecule has 7 heteroatoms. The van der Waals surface area contributed by atoms with Crippen molar-refractivity contribution in [3.63, 3.8) is 0 Å². The highest BCUT2D eigenvalue weighted by Gasteiger charge is 2.18. The number of amidine groups is 1. The molecule has 0 atom stereocenters. The van der Waals surface area contributed by atoms with Crippen LogP contribution in [0.1, 0.15) is 21.7 Å². The van der Waals surface area contributed by atoms with Crippen LogP contribution in [0.3, 0.4) is 0 Å². The highest BCUT2D eigenvalue weighted by Crippen LogP contribution is 2.14. The second-order valence-electron chi connectivity index (χ2n) is 4.32. The number of aryl methyl sites for hydroxylation is 2. The number of amides is 1. The van der Waals surface area contributed by atoms with E-state index in [2.05, 4.69) is 20.4 Å². The van der Waals surface area contributed by atoms with E-state index in [-0.39, 0.29) is 5.91 Å². The minimum Gasteiger partial charge on any atom is -0.301 e. The largest absolute Gasteiger partial charge is 0.301 e. The molecule has 98 valence electrons. The van der Waals surface area contributed by atoms with Gasteiger partial charge in [-0.15, -0.1) is 0 Å². The van der Waals surface area contributed by atoms with Gasteiger partial charge in [-0.3, -0.25) is 9.79 Å². The third kappa shape index (κ3) is 2.21. The Morgan fingerprint density at radius 2 is 2.32 bits per heavy atom. The van der Waals surface area contributed by atoms with Gasteiger partial charge >= 0.3 is 0 Å². The summed E-state index contributed by atoms with van der Waals surface area (Å²) in [5.41, 5.74) is 2.88. The molecule has 3 heterocycles. The second kappa shape index (κ2) is 4.65. The number of aromatic nitrogens is 3. The predicted molar refractivity (Wildman–Crippen MR) is 74.7 cm³/mol. The van der Waals surface area contributed by atoms with Crippen LogP contribution < -0.4 is 5.32 Å². The van der Waals surface area contributed by atoms with Crippen molar-refractivity contribution in [2.75, 3.05) is 12.3 Å². The van der Waals surface area contributed by atoms with Crippen LogP contribution in [0, 0.1) is 13.8 Å². The summed E-state index contributed by atoms with van der Waals surface area (Å²) in [5, 5.41) is 7.67. The molecule has 0 saturated carbocycles. The van der Waals surface area contributed by atoms with E-state index in [4.69, 9.17) is 0 Å². The van der Waals surface area contributed by atoms with Crippen LogP contribution in [0.15, 0.2) is 17.3 Å². The molecular weight excluding hydrogens is 262 g/mol. The molecule has 1 aliphatic heterocycles. The van der Waals surface area contributed by atoms with Crippen molar-refractivity contribution in [2.24, 2.45) is 4.99 Å². The Bertz CT molecular complexity index is 691. The first kappa shape index (κ1) is 12.2.